The fourth-order valence-electron chi connectivity index (χ4n) is 3.45. The first-order valence-electron chi connectivity index (χ1n) is 9.45. The SMILES string of the molecule is O=C(NC(Cn1cnc2ccccc21)c1ccc(F)cc1)c1ccccc1C(F)(F)F. The summed E-state index contributed by atoms with van der Waals surface area (Å²) >= 11 is 0. The fourth-order valence-corrected chi connectivity index (χ4v) is 3.45. The Balaban J connectivity index is 1.69. The van der Waals surface area contributed by atoms with Gasteiger partial charge in [0.05, 0.1) is 34.5 Å². The van der Waals surface area contributed by atoms with Gasteiger partial charge < -0.3 is 9.88 Å². The van der Waals surface area contributed by atoms with E-state index in [0.29, 0.717) is 5.56 Å². The zero-order chi connectivity index (χ0) is 22.0. The Morgan fingerprint density at radius 1 is 0.968 bits per heavy atom. The van der Waals surface area contributed by atoms with Crippen molar-refractivity contribution in [2.75, 3.05) is 0 Å². The van der Waals surface area contributed by atoms with E-state index in [-0.39, 0.29) is 6.54 Å². The molecule has 3 aromatic carbocycles. The Kier molecular flexibility index (Phi) is 5.46. The summed E-state index contributed by atoms with van der Waals surface area (Å²) < 4.78 is 55.3. The third-order valence-electron chi connectivity index (χ3n) is 4.96. The Bertz CT molecular complexity index is 1220. The normalized spacial score (nSPS) is 12.6. The maximum Gasteiger partial charge on any atom is 0.417 e. The number of halogens is 4. The largest absolute Gasteiger partial charge is 0.417 e. The van der Waals surface area contributed by atoms with Gasteiger partial charge >= 0.3 is 6.18 Å². The predicted octanol–water partition coefficient (Wildman–Crippen LogP) is 5.37. The van der Waals surface area contributed by atoms with E-state index in [0.717, 1.165) is 23.2 Å². The van der Waals surface area contributed by atoms with E-state index in [9.17, 15) is 22.4 Å². The molecular formula is C23H17F4N3O. The van der Waals surface area contributed by atoms with Gasteiger partial charge in [-0.25, -0.2) is 9.37 Å². The van der Waals surface area contributed by atoms with E-state index < -0.39 is 35.1 Å². The van der Waals surface area contributed by atoms with Crippen molar-refractivity contribution in [3.63, 3.8) is 0 Å². The van der Waals surface area contributed by atoms with Gasteiger partial charge in [-0.1, -0.05) is 36.4 Å². The second-order valence-corrected chi connectivity index (χ2v) is 7.01. The lowest BCUT2D eigenvalue weighted by atomic mass is 10.0. The number of alkyl halides is 3. The van der Waals surface area contributed by atoms with Gasteiger partial charge in [-0.05, 0) is 42.0 Å². The van der Waals surface area contributed by atoms with Gasteiger partial charge in [0.1, 0.15) is 5.82 Å². The zero-order valence-corrected chi connectivity index (χ0v) is 16.1. The number of para-hydroxylation sites is 2. The first-order valence-corrected chi connectivity index (χ1v) is 9.45. The highest BCUT2D eigenvalue weighted by Crippen LogP contribution is 2.32. The Morgan fingerprint density at radius 3 is 2.39 bits per heavy atom. The van der Waals surface area contributed by atoms with Crippen molar-refractivity contribution in [1.82, 2.24) is 14.9 Å². The lowest BCUT2D eigenvalue weighted by molar-refractivity contribution is -0.137. The van der Waals surface area contributed by atoms with Crippen LogP contribution in [0.3, 0.4) is 0 Å². The number of carbonyl (C=O) groups is 1. The molecule has 31 heavy (non-hydrogen) atoms. The number of nitrogens with zero attached hydrogens (tertiary/aromatic N) is 2. The molecule has 1 N–H and O–H groups in total. The molecule has 0 aliphatic rings. The summed E-state index contributed by atoms with van der Waals surface area (Å²) in [6.07, 6.45) is -3.07. The minimum absolute atomic E-state index is 0.200. The number of fused-ring (bicyclic) bond motifs is 1. The predicted molar refractivity (Wildman–Crippen MR) is 108 cm³/mol. The molecule has 158 valence electrons. The van der Waals surface area contributed by atoms with Crippen LogP contribution < -0.4 is 5.32 Å². The van der Waals surface area contributed by atoms with Gasteiger partial charge in [0.15, 0.2) is 0 Å². The maximum atomic E-state index is 13.4. The number of rotatable bonds is 5. The zero-order valence-electron chi connectivity index (χ0n) is 16.1. The van der Waals surface area contributed by atoms with Gasteiger partial charge in [0.2, 0.25) is 0 Å². The molecule has 1 amide bonds. The lowest BCUT2D eigenvalue weighted by Gasteiger charge is -2.21. The number of aromatic nitrogens is 2. The van der Waals surface area contributed by atoms with Crippen LogP contribution >= 0.6 is 0 Å². The summed E-state index contributed by atoms with van der Waals surface area (Å²) in [4.78, 5) is 17.1. The molecule has 4 aromatic rings. The van der Waals surface area contributed by atoms with E-state index in [1.807, 2.05) is 24.3 Å². The summed E-state index contributed by atoms with van der Waals surface area (Å²) in [6, 6.07) is 16.7. The second kappa shape index (κ2) is 8.22. The van der Waals surface area contributed by atoms with E-state index in [1.165, 1.54) is 36.4 Å². The highest BCUT2D eigenvalue weighted by molar-refractivity contribution is 5.96. The average molecular weight is 427 g/mol. The van der Waals surface area contributed by atoms with Crippen molar-refractivity contribution in [1.29, 1.82) is 0 Å². The first-order chi connectivity index (χ1) is 14.8. The van der Waals surface area contributed by atoms with Crippen LogP contribution in [0.5, 0.6) is 0 Å². The van der Waals surface area contributed by atoms with Crippen LogP contribution in [0.4, 0.5) is 17.6 Å². The van der Waals surface area contributed by atoms with Crippen molar-refractivity contribution < 1.29 is 22.4 Å². The van der Waals surface area contributed by atoms with Crippen molar-refractivity contribution in [3.05, 3.63) is 102 Å². The summed E-state index contributed by atoms with van der Waals surface area (Å²) in [7, 11) is 0. The summed E-state index contributed by atoms with van der Waals surface area (Å²) in [5.74, 6) is -1.32. The molecular weight excluding hydrogens is 410 g/mol. The molecule has 1 aromatic heterocycles. The Morgan fingerprint density at radius 2 is 1.65 bits per heavy atom. The third kappa shape index (κ3) is 4.42. The molecule has 0 aliphatic carbocycles. The number of amides is 1. The molecule has 0 fully saturated rings. The van der Waals surface area contributed by atoms with Crippen LogP contribution in [0, 0.1) is 5.82 Å². The number of hydrogen-bond acceptors (Lipinski definition) is 2. The highest BCUT2D eigenvalue weighted by atomic mass is 19.4. The van der Waals surface area contributed by atoms with Crippen LogP contribution in [-0.2, 0) is 12.7 Å². The van der Waals surface area contributed by atoms with Crippen molar-refractivity contribution in [2.24, 2.45) is 0 Å². The van der Waals surface area contributed by atoms with Crippen molar-refractivity contribution in [3.8, 4) is 0 Å². The van der Waals surface area contributed by atoms with Gasteiger partial charge in [-0.3, -0.25) is 4.79 Å². The Hall–Kier alpha value is -3.68. The number of hydrogen-bond donors (Lipinski definition) is 1. The van der Waals surface area contributed by atoms with E-state index in [2.05, 4.69) is 10.3 Å². The molecule has 4 rings (SSSR count). The maximum absolute atomic E-state index is 13.4. The minimum Gasteiger partial charge on any atom is -0.343 e. The van der Waals surface area contributed by atoms with Crippen LogP contribution in [-0.4, -0.2) is 15.5 Å². The molecule has 4 nitrogen and oxygen atoms in total. The third-order valence-corrected chi connectivity index (χ3v) is 4.96. The second-order valence-electron chi connectivity index (χ2n) is 7.01. The van der Waals surface area contributed by atoms with Crippen LogP contribution in [0.1, 0.15) is 27.5 Å². The summed E-state index contributed by atoms with van der Waals surface area (Å²) in [5, 5.41) is 2.67. The topological polar surface area (TPSA) is 46.9 Å². The van der Waals surface area contributed by atoms with Crippen molar-refractivity contribution in [2.45, 2.75) is 18.8 Å². The van der Waals surface area contributed by atoms with E-state index in [4.69, 9.17) is 0 Å². The lowest BCUT2D eigenvalue weighted by Crippen LogP contribution is -2.32. The van der Waals surface area contributed by atoms with E-state index in [1.54, 1.807) is 10.9 Å². The fraction of sp³-hybridized carbons (Fsp3) is 0.130. The smallest absolute Gasteiger partial charge is 0.343 e. The molecule has 0 bridgehead atoms. The molecule has 0 radical (unpaired) electrons. The molecule has 0 saturated heterocycles. The number of carbonyl (C=O) groups excluding carboxylic acids is 1. The molecule has 1 atom stereocenters. The monoisotopic (exact) mass is 427 g/mol. The van der Waals surface area contributed by atoms with Crippen LogP contribution in [0.25, 0.3) is 11.0 Å². The molecule has 0 spiro atoms. The molecule has 0 aliphatic heterocycles. The van der Waals surface area contributed by atoms with Gasteiger partial charge in [-0.15, -0.1) is 0 Å². The summed E-state index contributed by atoms with van der Waals surface area (Å²) in [6.45, 7) is 0.200. The molecule has 1 unspecified atom stereocenters. The summed E-state index contributed by atoms with van der Waals surface area (Å²) in [5.41, 5.74) is 0.613. The average Bonchev–Trinajstić information content (AvgIpc) is 3.16. The van der Waals surface area contributed by atoms with Gasteiger partial charge in [-0.2, -0.15) is 13.2 Å². The number of benzene rings is 3. The minimum atomic E-state index is -4.67. The van der Waals surface area contributed by atoms with Gasteiger partial charge in [0.25, 0.3) is 5.91 Å². The molecule has 8 heteroatoms. The van der Waals surface area contributed by atoms with Crippen LogP contribution in [0.15, 0.2) is 79.1 Å². The van der Waals surface area contributed by atoms with Crippen molar-refractivity contribution >= 4 is 16.9 Å². The molecule has 0 saturated carbocycles. The molecule has 1 heterocycles. The van der Waals surface area contributed by atoms with E-state index >= 15 is 0 Å². The standard InChI is InChI=1S/C23H17F4N3O/c24-16-11-9-15(10-12-16)20(13-30-14-28-19-7-3-4-8-21(19)30)29-22(31)17-5-1-2-6-18(17)23(25,26)27/h1-12,14,20H,13H2,(H,29,31). The Labute approximate surface area is 175 Å². The number of imidazole rings is 1. The first kappa shape index (κ1) is 20.6. The highest BCUT2D eigenvalue weighted by Gasteiger charge is 2.35. The number of nitrogens with one attached hydrogen (secondary N) is 1. The van der Waals surface area contributed by atoms with Crippen LogP contribution in [0.2, 0.25) is 0 Å². The quantitative estimate of drug-likeness (QED) is 0.436. The van der Waals surface area contributed by atoms with Gasteiger partial charge in [0, 0.05) is 6.54 Å².